The number of hydrogen-bond acceptors (Lipinski definition) is 3. The van der Waals surface area contributed by atoms with Crippen LogP contribution in [0.15, 0.2) is 0 Å². The Morgan fingerprint density at radius 1 is 1.38 bits per heavy atom. The molecule has 0 aromatic carbocycles. The number of hydrogen-bond donors (Lipinski definition) is 1. The normalized spacial score (nSPS) is 34.3. The first-order valence-corrected chi connectivity index (χ1v) is 5.69. The van der Waals surface area contributed by atoms with Crippen molar-refractivity contribution in [3.05, 3.63) is 0 Å². The molecule has 0 aromatic heterocycles. The van der Waals surface area contributed by atoms with Gasteiger partial charge in [0, 0.05) is 32.5 Å². The number of carbonyl (C=O) groups is 2. The van der Waals surface area contributed by atoms with E-state index in [-0.39, 0.29) is 17.9 Å². The molecule has 3 atom stereocenters. The van der Waals surface area contributed by atoms with Crippen LogP contribution in [0.25, 0.3) is 0 Å². The number of nitrogens with zero attached hydrogens (tertiary/aromatic N) is 1. The molecule has 0 aromatic rings. The third kappa shape index (κ3) is 2.04. The molecule has 0 bridgehead atoms. The first-order chi connectivity index (χ1) is 7.59. The minimum Gasteiger partial charge on any atom is -0.481 e. The molecule has 0 saturated carbocycles. The Morgan fingerprint density at radius 2 is 2.12 bits per heavy atom. The lowest BCUT2D eigenvalue weighted by molar-refractivity contribution is -0.144. The van der Waals surface area contributed by atoms with E-state index in [4.69, 9.17) is 9.84 Å². The Bertz CT molecular complexity index is 304. The maximum absolute atomic E-state index is 11.2. The van der Waals surface area contributed by atoms with Crippen molar-refractivity contribution in [2.24, 2.45) is 11.8 Å². The fraction of sp³-hybridized carbons (Fsp3) is 0.818. The molecule has 2 rings (SSSR count). The Balaban J connectivity index is 1.98. The van der Waals surface area contributed by atoms with Gasteiger partial charge in [-0.1, -0.05) is 0 Å². The van der Waals surface area contributed by atoms with Crippen molar-refractivity contribution in [2.75, 3.05) is 19.7 Å². The van der Waals surface area contributed by atoms with Gasteiger partial charge < -0.3 is 14.7 Å². The van der Waals surface area contributed by atoms with E-state index < -0.39 is 11.9 Å². The summed E-state index contributed by atoms with van der Waals surface area (Å²) in [4.78, 5) is 24.0. The van der Waals surface area contributed by atoms with Gasteiger partial charge in [-0.25, -0.2) is 0 Å². The molecule has 16 heavy (non-hydrogen) atoms. The number of carboxylic acids is 1. The smallest absolute Gasteiger partial charge is 0.309 e. The van der Waals surface area contributed by atoms with Crippen LogP contribution in [0.5, 0.6) is 0 Å². The maximum atomic E-state index is 11.2. The lowest BCUT2D eigenvalue weighted by atomic mass is 9.90. The largest absolute Gasteiger partial charge is 0.481 e. The van der Waals surface area contributed by atoms with Crippen molar-refractivity contribution in [2.45, 2.75) is 25.9 Å². The van der Waals surface area contributed by atoms with Crippen LogP contribution in [0.4, 0.5) is 0 Å². The number of rotatable bonds is 2. The number of amides is 1. The Labute approximate surface area is 94.4 Å². The molecule has 0 spiro atoms. The minimum atomic E-state index is -0.774. The van der Waals surface area contributed by atoms with E-state index in [1.54, 1.807) is 11.8 Å². The second-order valence-corrected chi connectivity index (χ2v) is 4.58. The molecule has 1 unspecified atom stereocenters. The van der Waals surface area contributed by atoms with Crippen LogP contribution < -0.4 is 0 Å². The monoisotopic (exact) mass is 227 g/mol. The number of carboxylic acid groups (broad SMARTS) is 1. The fourth-order valence-electron chi connectivity index (χ4n) is 2.68. The van der Waals surface area contributed by atoms with Gasteiger partial charge in [-0.3, -0.25) is 9.59 Å². The van der Waals surface area contributed by atoms with Crippen LogP contribution in [0.2, 0.25) is 0 Å². The number of aliphatic carboxylic acids is 1. The highest BCUT2D eigenvalue weighted by atomic mass is 16.5. The quantitative estimate of drug-likeness (QED) is 0.739. The number of carbonyl (C=O) groups excluding carboxylic acids is 1. The molecule has 90 valence electrons. The Morgan fingerprint density at radius 3 is 2.69 bits per heavy atom. The predicted molar refractivity (Wildman–Crippen MR) is 55.8 cm³/mol. The van der Waals surface area contributed by atoms with Gasteiger partial charge in [-0.05, 0) is 12.8 Å². The van der Waals surface area contributed by atoms with E-state index in [2.05, 4.69) is 0 Å². The summed E-state index contributed by atoms with van der Waals surface area (Å²) in [7, 11) is 0. The van der Waals surface area contributed by atoms with Gasteiger partial charge >= 0.3 is 5.97 Å². The van der Waals surface area contributed by atoms with E-state index in [0.29, 0.717) is 19.6 Å². The van der Waals surface area contributed by atoms with E-state index >= 15 is 0 Å². The third-order valence-corrected chi connectivity index (χ3v) is 3.59. The molecular weight excluding hydrogens is 210 g/mol. The molecule has 1 amide bonds. The zero-order chi connectivity index (χ0) is 11.7. The fourth-order valence-corrected chi connectivity index (χ4v) is 2.68. The highest BCUT2D eigenvalue weighted by Gasteiger charge is 2.42. The summed E-state index contributed by atoms with van der Waals surface area (Å²) in [5.74, 6) is -0.916. The molecule has 2 heterocycles. The highest BCUT2D eigenvalue weighted by molar-refractivity contribution is 5.73. The molecule has 2 aliphatic heterocycles. The summed E-state index contributed by atoms with van der Waals surface area (Å²) in [6.07, 6.45) is 1.24. The van der Waals surface area contributed by atoms with Gasteiger partial charge in [0.15, 0.2) is 0 Å². The van der Waals surface area contributed by atoms with Crippen molar-refractivity contribution in [3.8, 4) is 0 Å². The standard InChI is InChI=1S/C11H17NO4/c1-7(13)12-4-2-8(6-12)10-9(11(14)15)3-5-16-10/h8-10H,2-6H2,1H3,(H,14,15)/t8?,9-,10+/m1/s1. The topological polar surface area (TPSA) is 66.8 Å². The van der Waals surface area contributed by atoms with Crippen LogP contribution in [0, 0.1) is 11.8 Å². The second-order valence-electron chi connectivity index (χ2n) is 4.58. The summed E-state index contributed by atoms with van der Waals surface area (Å²) in [6, 6.07) is 0. The number of likely N-dealkylation sites (tertiary alicyclic amines) is 1. The van der Waals surface area contributed by atoms with Crippen molar-refractivity contribution in [1.29, 1.82) is 0 Å². The molecule has 2 saturated heterocycles. The van der Waals surface area contributed by atoms with Crippen molar-refractivity contribution >= 4 is 11.9 Å². The van der Waals surface area contributed by atoms with Gasteiger partial charge in [0.2, 0.25) is 5.91 Å². The molecular formula is C11H17NO4. The van der Waals surface area contributed by atoms with Gasteiger partial charge in [0.25, 0.3) is 0 Å². The first kappa shape index (κ1) is 11.4. The maximum Gasteiger partial charge on any atom is 0.309 e. The van der Waals surface area contributed by atoms with Crippen molar-refractivity contribution < 1.29 is 19.4 Å². The molecule has 2 fully saturated rings. The molecule has 5 heteroatoms. The van der Waals surface area contributed by atoms with Crippen molar-refractivity contribution in [3.63, 3.8) is 0 Å². The van der Waals surface area contributed by atoms with E-state index in [0.717, 1.165) is 13.0 Å². The first-order valence-electron chi connectivity index (χ1n) is 5.69. The zero-order valence-electron chi connectivity index (χ0n) is 9.39. The van der Waals surface area contributed by atoms with E-state index in [9.17, 15) is 9.59 Å². The average Bonchev–Trinajstić information content (AvgIpc) is 2.86. The van der Waals surface area contributed by atoms with Gasteiger partial charge in [0.05, 0.1) is 12.0 Å². The van der Waals surface area contributed by atoms with Crippen molar-refractivity contribution in [1.82, 2.24) is 4.90 Å². The van der Waals surface area contributed by atoms with Crippen LogP contribution in [-0.2, 0) is 14.3 Å². The zero-order valence-corrected chi connectivity index (χ0v) is 9.39. The SMILES string of the molecule is CC(=O)N1CCC([C@@H]2OCC[C@H]2C(=O)O)C1. The third-order valence-electron chi connectivity index (χ3n) is 3.59. The Hall–Kier alpha value is -1.10. The minimum absolute atomic E-state index is 0.0624. The summed E-state index contributed by atoms with van der Waals surface area (Å²) in [6.45, 7) is 3.45. The van der Waals surface area contributed by atoms with Gasteiger partial charge in [-0.2, -0.15) is 0 Å². The van der Waals surface area contributed by atoms with Crippen LogP contribution in [-0.4, -0.2) is 47.7 Å². The molecule has 0 aliphatic carbocycles. The summed E-state index contributed by atoms with van der Waals surface area (Å²) in [5, 5.41) is 9.06. The van der Waals surface area contributed by atoms with Gasteiger partial charge in [0.1, 0.15) is 0 Å². The van der Waals surface area contributed by atoms with Crippen LogP contribution in [0.3, 0.4) is 0 Å². The van der Waals surface area contributed by atoms with E-state index in [1.807, 2.05) is 0 Å². The lowest BCUT2D eigenvalue weighted by Gasteiger charge is -2.22. The van der Waals surface area contributed by atoms with Crippen LogP contribution in [0.1, 0.15) is 19.8 Å². The second kappa shape index (κ2) is 4.41. The van der Waals surface area contributed by atoms with Gasteiger partial charge in [-0.15, -0.1) is 0 Å². The summed E-state index contributed by atoms with van der Waals surface area (Å²) < 4.78 is 5.52. The lowest BCUT2D eigenvalue weighted by Crippen LogP contribution is -2.34. The number of ether oxygens (including phenoxy) is 1. The van der Waals surface area contributed by atoms with E-state index in [1.165, 1.54) is 0 Å². The molecule has 5 nitrogen and oxygen atoms in total. The van der Waals surface area contributed by atoms with Crippen LogP contribution >= 0.6 is 0 Å². The molecule has 0 radical (unpaired) electrons. The summed E-state index contributed by atoms with van der Waals surface area (Å²) in [5.41, 5.74) is 0. The highest BCUT2D eigenvalue weighted by Crippen LogP contribution is 2.32. The summed E-state index contributed by atoms with van der Waals surface area (Å²) >= 11 is 0. The molecule has 1 N–H and O–H groups in total. The Kier molecular flexibility index (Phi) is 3.14. The average molecular weight is 227 g/mol. The molecule has 2 aliphatic rings. The predicted octanol–water partition coefficient (Wildman–Crippen LogP) is 0.344.